The van der Waals surface area contributed by atoms with Gasteiger partial charge in [0.15, 0.2) is 0 Å². The maximum atomic E-state index is 13.2. The highest BCUT2D eigenvalue weighted by atomic mass is 79.9. The summed E-state index contributed by atoms with van der Waals surface area (Å²) in [6.07, 6.45) is 1.77. The van der Waals surface area contributed by atoms with Gasteiger partial charge in [-0.2, -0.15) is 9.78 Å². The normalized spacial score (nSPS) is 11.3. The number of nitro groups is 1. The Morgan fingerprint density at radius 1 is 1.14 bits per heavy atom. The molecular weight excluding hydrogens is 604 g/mol. The molecule has 0 N–H and O–H groups in total. The van der Waals surface area contributed by atoms with Gasteiger partial charge in [-0.05, 0) is 42.0 Å². The van der Waals surface area contributed by atoms with Gasteiger partial charge in [0.05, 0.1) is 22.0 Å². The molecule has 0 aliphatic heterocycles. The van der Waals surface area contributed by atoms with Gasteiger partial charge in [0.2, 0.25) is 5.75 Å². The van der Waals surface area contributed by atoms with E-state index >= 15 is 0 Å². The van der Waals surface area contributed by atoms with Crippen LogP contribution in [0, 0.1) is 10.1 Å². The highest BCUT2D eigenvalue weighted by Crippen LogP contribution is 2.34. The third-order valence-corrected chi connectivity index (χ3v) is 6.30. The second-order valence-electron chi connectivity index (χ2n) is 7.42. The molecule has 3 aromatic carbocycles. The van der Waals surface area contributed by atoms with E-state index in [1.807, 2.05) is 37.3 Å². The van der Waals surface area contributed by atoms with Crippen LogP contribution in [0.5, 0.6) is 5.75 Å². The lowest BCUT2D eigenvalue weighted by atomic mass is 10.2. The average Bonchev–Trinajstić information content (AvgIpc) is 2.83. The molecule has 0 spiro atoms. The zero-order valence-electron chi connectivity index (χ0n) is 18.2. The summed E-state index contributed by atoms with van der Waals surface area (Å²) in [5, 5.41) is 16.6. The Labute approximate surface area is 221 Å². The molecule has 8 nitrogen and oxygen atoms in total. The van der Waals surface area contributed by atoms with Crippen LogP contribution in [0.15, 0.2) is 73.4 Å². The van der Waals surface area contributed by atoms with Crippen LogP contribution in [-0.4, -0.2) is 20.8 Å². The van der Waals surface area contributed by atoms with Crippen molar-refractivity contribution in [2.45, 2.75) is 20.0 Å². The number of nitrogens with zero attached hydrogens (tertiary/aromatic N) is 4. The number of aryl methyl sites for hydroxylation is 1. The summed E-state index contributed by atoms with van der Waals surface area (Å²) in [4.78, 5) is 28.9. The maximum absolute atomic E-state index is 13.2. The van der Waals surface area contributed by atoms with E-state index in [1.54, 1.807) is 12.1 Å². The molecule has 178 valence electrons. The van der Waals surface area contributed by atoms with Crippen molar-refractivity contribution < 1.29 is 9.66 Å². The molecule has 0 atom stereocenters. The van der Waals surface area contributed by atoms with Gasteiger partial charge >= 0.3 is 5.69 Å². The minimum Gasteiger partial charge on any atom is -0.481 e. The number of benzene rings is 3. The molecule has 0 unspecified atom stereocenters. The summed E-state index contributed by atoms with van der Waals surface area (Å²) < 4.78 is 8.67. The monoisotopic (exact) mass is 618 g/mol. The van der Waals surface area contributed by atoms with Crippen LogP contribution in [-0.2, 0) is 13.0 Å². The number of hydrogen-bond donors (Lipinski definition) is 0. The number of rotatable bonds is 7. The fraction of sp³-hybridized carbons (Fsp3) is 0.125. The topological polar surface area (TPSA) is 99.6 Å². The van der Waals surface area contributed by atoms with Gasteiger partial charge in [0, 0.05) is 32.0 Å². The predicted octanol–water partition coefficient (Wildman–Crippen LogP) is 6.51. The van der Waals surface area contributed by atoms with Crippen molar-refractivity contribution in [2.24, 2.45) is 5.10 Å². The average molecular weight is 621 g/mol. The summed E-state index contributed by atoms with van der Waals surface area (Å²) in [5.41, 5.74) is 0.954. The first-order valence-corrected chi connectivity index (χ1v) is 12.3. The van der Waals surface area contributed by atoms with Crippen molar-refractivity contribution in [1.82, 2.24) is 9.66 Å². The van der Waals surface area contributed by atoms with Crippen molar-refractivity contribution in [2.75, 3.05) is 0 Å². The molecule has 0 fully saturated rings. The van der Waals surface area contributed by atoms with Crippen molar-refractivity contribution in [3.05, 3.63) is 106 Å². The molecule has 0 amide bonds. The van der Waals surface area contributed by atoms with Gasteiger partial charge in [0.25, 0.3) is 5.56 Å². The zero-order valence-corrected chi connectivity index (χ0v) is 22.2. The fourth-order valence-electron chi connectivity index (χ4n) is 3.39. The molecule has 0 aliphatic rings. The molecule has 1 aromatic heterocycles. The van der Waals surface area contributed by atoms with E-state index in [0.29, 0.717) is 23.1 Å². The Bertz CT molecular complexity index is 1520. The van der Waals surface area contributed by atoms with E-state index in [-0.39, 0.29) is 34.2 Å². The van der Waals surface area contributed by atoms with Gasteiger partial charge < -0.3 is 4.74 Å². The first kappa shape index (κ1) is 25.0. The van der Waals surface area contributed by atoms with Crippen molar-refractivity contribution in [1.29, 1.82) is 0 Å². The number of nitro benzene ring substituents is 1. The van der Waals surface area contributed by atoms with Crippen molar-refractivity contribution >= 4 is 66.3 Å². The predicted molar refractivity (Wildman–Crippen MR) is 143 cm³/mol. The van der Waals surface area contributed by atoms with E-state index in [9.17, 15) is 14.9 Å². The first-order chi connectivity index (χ1) is 16.8. The SMILES string of the molecule is CCc1nc2ccc(Br)cc2c(=O)n1N=Cc1cc(Cl)cc([N+](=O)[O-])c1OCc1ccc(Br)cc1. The molecule has 11 heteroatoms. The molecule has 1 heterocycles. The number of fused-ring (bicyclic) bond motifs is 1. The summed E-state index contributed by atoms with van der Waals surface area (Å²) in [6.45, 7) is 1.94. The zero-order chi connectivity index (χ0) is 25.1. The Morgan fingerprint density at radius 2 is 1.86 bits per heavy atom. The first-order valence-electron chi connectivity index (χ1n) is 10.4. The van der Waals surface area contributed by atoms with Crippen molar-refractivity contribution in [3.63, 3.8) is 0 Å². The van der Waals surface area contributed by atoms with Crippen LogP contribution >= 0.6 is 43.5 Å². The molecule has 4 rings (SSSR count). The highest BCUT2D eigenvalue weighted by Gasteiger charge is 2.21. The van der Waals surface area contributed by atoms with Crippen LogP contribution in [0.2, 0.25) is 5.02 Å². The molecule has 0 aliphatic carbocycles. The molecule has 4 aromatic rings. The lowest BCUT2D eigenvalue weighted by molar-refractivity contribution is -0.385. The third kappa shape index (κ3) is 5.61. The summed E-state index contributed by atoms with van der Waals surface area (Å²) in [7, 11) is 0. The lowest BCUT2D eigenvalue weighted by Gasteiger charge is -2.11. The van der Waals surface area contributed by atoms with Gasteiger partial charge in [0.1, 0.15) is 12.4 Å². The lowest BCUT2D eigenvalue weighted by Crippen LogP contribution is -2.22. The third-order valence-electron chi connectivity index (χ3n) is 5.06. The van der Waals surface area contributed by atoms with E-state index in [4.69, 9.17) is 16.3 Å². The van der Waals surface area contributed by atoms with Crippen LogP contribution in [0.1, 0.15) is 23.9 Å². The molecule has 0 radical (unpaired) electrons. The standard InChI is InChI=1S/C24H17Br2ClN4O4/c1-2-22-29-20-8-7-17(26)10-19(20)24(32)30(22)28-12-15-9-18(27)11-21(31(33)34)23(15)35-13-14-3-5-16(25)6-4-14/h3-12H,2,13H2,1H3. The second kappa shape index (κ2) is 10.7. The van der Waals surface area contributed by atoms with E-state index in [1.165, 1.54) is 23.0 Å². The van der Waals surface area contributed by atoms with Crippen molar-refractivity contribution in [3.8, 4) is 5.75 Å². The minimum absolute atomic E-state index is 0.00587. The van der Waals surface area contributed by atoms with Gasteiger partial charge in [-0.1, -0.05) is 62.5 Å². The number of aromatic nitrogens is 2. The Kier molecular flexibility index (Phi) is 7.63. The molecule has 0 bridgehead atoms. The van der Waals surface area contributed by atoms with Gasteiger partial charge in [-0.15, -0.1) is 0 Å². The number of halogens is 3. The summed E-state index contributed by atoms with van der Waals surface area (Å²) >= 11 is 12.9. The quantitative estimate of drug-likeness (QED) is 0.133. The minimum atomic E-state index is -0.571. The Balaban J connectivity index is 1.79. The number of hydrogen-bond acceptors (Lipinski definition) is 6. The Hall–Kier alpha value is -3.08. The van der Waals surface area contributed by atoms with Gasteiger partial charge in [-0.3, -0.25) is 14.9 Å². The van der Waals surface area contributed by atoms with Crippen LogP contribution in [0.3, 0.4) is 0 Å². The largest absolute Gasteiger partial charge is 0.481 e. The van der Waals surface area contributed by atoms with Crippen LogP contribution in [0.25, 0.3) is 10.9 Å². The molecule has 0 saturated carbocycles. The van der Waals surface area contributed by atoms with E-state index in [2.05, 4.69) is 41.9 Å². The number of ether oxygens (including phenoxy) is 1. The highest BCUT2D eigenvalue weighted by molar-refractivity contribution is 9.10. The summed E-state index contributed by atoms with van der Waals surface area (Å²) in [6, 6.07) is 15.3. The van der Waals surface area contributed by atoms with Gasteiger partial charge in [-0.25, -0.2) is 4.98 Å². The fourth-order valence-corrected chi connectivity index (χ4v) is 4.23. The smallest absolute Gasteiger partial charge is 0.313 e. The second-order valence-corrected chi connectivity index (χ2v) is 9.69. The molecule has 35 heavy (non-hydrogen) atoms. The van der Waals surface area contributed by atoms with Crippen LogP contribution in [0.4, 0.5) is 5.69 Å². The summed E-state index contributed by atoms with van der Waals surface area (Å²) in [5.74, 6) is 0.434. The molecular formula is C24H17Br2ClN4O4. The Morgan fingerprint density at radius 3 is 2.54 bits per heavy atom. The van der Waals surface area contributed by atoms with E-state index < -0.39 is 4.92 Å². The van der Waals surface area contributed by atoms with E-state index in [0.717, 1.165) is 14.5 Å². The maximum Gasteiger partial charge on any atom is 0.313 e. The molecule has 0 saturated heterocycles. The van der Waals surface area contributed by atoms with Crippen LogP contribution < -0.4 is 10.3 Å².